The topological polar surface area (TPSA) is 46.1 Å². The Hall–Kier alpha value is -0.890. The van der Waals surface area contributed by atoms with Crippen LogP contribution in [0.3, 0.4) is 0 Å². The van der Waals surface area contributed by atoms with E-state index in [9.17, 15) is 8.78 Å². The molecule has 2 rings (SSSR count). The molecule has 0 bridgehead atoms. The molecule has 1 aliphatic heterocycles. The number of nitrogens with one attached hydrogen (secondary N) is 1. The molecule has 0 spiro atoms. The van der Waals surface area contributed by atoms with Gasteiger partial charge in [-0.1, -0.05) is 26.8 Å². The van der Waals surface area contributed by atoms with Crippen LogP contribution in [0.2, 0.25) is 0 Å². The van der Waals surface area contributed by atoms with E-state index in [1.54, 1.807) is 7.11 Å². The van der Waals surface area contributed by atoms with Crippen molar-refractivity contribution in [3.63, 3.8) is 0 Å². The van der Waals surface area contributed by atoms with E-state index >= 15 is 0 Å². The van der Waals surface area contributed by atoms with Crippen LogP contribution >= 0.6 is 0 Å². The Kier molecular flexibility index (Phi) is 13.2. The minimum Gasteiger partial charge on any atom is -0.366 e. The van der Waals surface area contributed by atoms with Gasteiger partial charge in [-0.3, -0.25) is 10.3 Å². The van der Waals surface area contributed by atoms with Crippen molar-refractivity contribution in [1.82, 2.24) is 10.2 Å². The molecule has 1 heterocycles. The maximum atomic E-state index is 13.3. The highest BCUT2D eigenvalue weighted by Crippen LogP contribution is 2.34. The standard InChI is InChI=1S/C27H49F2N3O2/c1-6-7-8-24(13-15-27(4,28)29)31-26(33-5)17-30-20-34-19-22-14-16-32(18-22)25-11-9-23(10-12-25)21(2)3/h7-8,21-23,25-26,30H,6,9-20H2,1-5H3/b8-7-,31-24?. The molecule has 5 nitrogen and oxygen atoms in total. The number of halogens is 2. The fourth-order valence-corrected chi connectivity index (χ4v) is 5.10. The predicted molar refractivity (Wildman–Crippen MR) is 137 cm³/mol. The molecular weight excluding hydrogens is 436 g/mol. The SMILES string of the molecule is CC/C=C\C(CCC(C)(F)F)=NC(CNCOCC1CCN(C2CCC(C(C)C)CC2)C1)OC. The Bertz CT molecular complexity index is 613. The molecule has 2 fully saturated rings. The Balaban J connectivity index is 1.66. The average molecular weight is 486 g/mol. The maximum absolute atomic E-state index is 13.3. The number of rotatable bonds is 15. The first-order valence-electron chi connectivity index (χ1n) is 13.4. The first kappa shape index (κ1) is 29.3. The van der Waals surface area contributed by atoms with E-state index in [0.717, 1.165) is 44.4 Å². The van der Waals surface area contributed by atoms with Gasteiger partial charge in [0.15, 0.2) is 6.23 Å². The third kappa shape index (κ3) is 11.2. The fourth-order valence-electron chi connectivity index (χ4n) is 5.10. The van der Waals surface area contributed by atoms with Crippen LogP contribution in [0, 0.1) is 17.8 Å². The maximum Gasteiger partial charge on any atom is 0.245 e. The lowest BCUT2D eigenvalue weighted by molar-refractivity contribution is 0.0149. The second kappa shape index (κ2) is 15.3. The highest BCUT2D eigenvalue weighted by atomic mass is 19.3. The number of alkyl halides is 2. The van der Waals surface area contributed by atoms with E-state index in [1.807, 2.05) is 19.1 Å². The molecule has 0 radical (unpaired) electrons. The number of likely N-dealkylation sites (tertiary alicyclic amines) is 1. The fraction of sp³-hybridized carbons (Fsp3) is 0.889. The van der Waals surface area contributed by atoms with Gasteiger partial charge in [0.05, 0.1) is 13.3 Å². The van der Waals surface area contributed by atoms with Gasteiger partial charge < -0.3 is 14.4 Å². The average Bonchev–Trinajstić information content (AvgIpc) is 3.28. The van der Waals surface area contributed by atoms with Crippen LogP contribution in [0.4, 0.5) is 8.78 Å². The van der Waals surface area contributed by atoms with Crippen molar-refractivity contribution >= 4 is 5.71 Å². The molecular formula is C27H49F2N3O2. The van der Waals surface area contributed by atoms with Gasteiger partial charge in [-0.25, -0.2) is 8.78 Å². The minimum atomic E-state index is -2.70. The summed E-state index contributed by atoms with van der Waals surface area (Å²) in [5, 5.41) is 3.24. The monoisotopic (exact) mass is 485 g/mol. The lowest BCUT2D eigenvalue weighted by atomic mass is 9.79. The predicted octanol–water partition coefficient (Wildman–Crippen LogP) is 5.90. The Morgan fingerprint density at radius 3 is 2.56 bits per heavy atom. The molecule has 0 aromatic carbocycles. The van der Waals surface area contributed by atoms with Gasteiger partial charge >= 0.3 is 0 Å². The van der Waals surface area contributed by atoms with Crippen LogP contribution in [-0.4, -0.2) is 68.9 Å². The molecule has 1 N–H and O–H groups in total. The molecule has 0 amide bonds. The van der Waals surface area contributed by atoms with Gasteiger partial charge in [0, 0.05) is 38.4 Å². The molecule has 34 heavy (non-hydrogen) atoms. The van der Waals surface area contributed by atoms with Gasteiger partial charge in [-0.15, -0.1) is 0 Å². The summed E-state index contributed by atoms with van der Waals surface area (Å²) in [5.74, 6) is -0.367. The van der Waals surface area contributed by atoms with Gasteiger partial charge in [-0.05, 0) is 82.2 Å². The van der Waals surface area contributed by atoms with Crippen LogP contribution in [0.15, 0.2) is 17.1 Å². The third-order valence-electron chi connectivity index (χ3n) is 7.34. The van der Waals surface area contributed by atoms with E-state index in [-0.39, 0.29) is 12.8 Å². The molecule has 0 aromatic rings. The molecule has 2 aliphatic rings. The van der Waals surface area contributed by atoms with Crippen LogP contribution in [0.5, 0.6) is 0 Å². The van der Waals surface area contributed by atoms with Crippen molar-refractivity contribution in [2.24, 2.45) is 22.7 Å². The molecule has 1 saturated heterocycles. The van der Waals surface area contributed by atoms with Gasteiger partial charge in [0.2, 0.25) is 5.92 Å². The van der Waals surface area contributed by atoms with Crippen molar-refractivity contribution in [1.29, 1.82) is 0 Å². The summed E-state index contributed by atoms with van der Waals surface area (Å²) < 4.78 is 37.9. The summed E-state index contributed by atoms with van der Waals surface area (Å²) in [5.41, 5.74) is 0.645. The molecule has 1 saturated carbocycles. The summed E-state index contributed by atoms with van der Waals surface area (Å²) in [7, 11) is 1.59. The molecule has 2 unspecified atom stereocenters. The van der Waals surface area contributed by atoms with E-state index in [4.69, 9.17) is 9.47 Å². The van der Waals surface area contributed by atoms with Crippen LogP contribution in [0.25, 0.3) is 0 Å². The van der Waals surface area contributed by atoms with Crippen molar-refractivity contribution < 1.29 is 18.3 Å². The summed E-state index contributed by atoms with van der Waals surface area (Å²) >= 11 is 0. The normalized spacial score (nSPS) is 26.1. The van der Waals surface area contributed by atoms with Crippen LogP contribution in [0.1, 0.15) is 79.1 Å². The number of hydrogen-bond acceptors (Lipinski definition) is 5. The second-order valence-electron chi connectivity index (χ2n) is 10.6. The molecule has 0 aromatic heterocycles. The zero-order valence-corrected chi connectivity index (χ0v) is 22.2. The Labute approximate surface area is 206 Å². The summed E-state index contributed by atoms with van der Waals surface area (Å²) in [6, 6.07) is 0.766. The van der Waals surface area contributed by atoms with Crippen molar-refractivity contribution in [2.75, 3.05) is 40.1 Å². The Morgan fingerprint density at radius 1 is 1.21 bits per heavy atom. The number of allylic oxidation sites excluding steroid dienone is 2. The summed E-state index contributed by atoms with van der Waals surface area (Å²) in [4.78, 5) is 7.23. The van der Waals surface area contributed by atoms with E-state index in [1.165, 1.54) is 38.6 Å². The van der Waals surface area contributed by atoms with E-state index < -0.39 is 12.2 Å². The number of ether oxygens (including phenoxy) is 2. The molecule has 1 aliphatic carbocycles. The summed E-state index contributed by atoms with van der Waals surface area (Å²) in [6.07, 6.45) is 10.9. The summed E-state index contributed by atoms with van der Waals surface area (Å²) in [6.45, 7) is 11.7. The number of nitrogens with zero attached hydrogens (tertiary/aromatic N) is 2. The zero-order chi connectivity index (χ0) is 25.0. The van der Waals surface area contributed by atoms with Crippen molar-refractivity contribution in [3.05, 3.63) is 12.2 Å². The minimum absolute atomic E-state index is 0.218. The highest BCUT2D eigenvalue weighted by molar-refractivity contribution is 5.95. The number of aliphatic imine (C=N–C) groups is 1. The quantitative estimate of drug-likeness (QED) is 0.178. The smallest absolute Gasteiger partial charge is 0.245 e. The van der Waals surface area contributed by atoms with Crippen LogP contribution < -0.4 is 5.32 Å². The van der Waals surface area contributed by atoms with Crippen molar-refractivity contribution in [3.8, 4) is 0 Å². The highest BCUT2D eigenvalue weighted by Gasteiger charge is 2.32. The molecule has 2 atom stereocenters. The first-order valence-corrected chi connectivity index (χ1v) is 13.4. The van der Waals surface area contributed by atoms with Crippen molar-refractivity contribution in [2.45, 2.75) is 97.3 Å². The Morgan fingerprint density at radius 2 is 1.94 bits per heavy atom. The number of methoxy groups -OCH3 is 1. The lowest BCUT2D eigenvalue weighted by Crippen LogP contribution is -2.37. The van der Waals surface area contributed by atoms with Crippen LogP contribution in [-0.2, 0) is 9.47 Å². The van der Waals surface area contributed by atoms with E-state index in [2.05, 4.69) is 29.1 Å². The second-order valence-corrected chi connectivity index (χ2v) is 10.6. The number of hydrogen-bond donors (Lipinski definition) is 1. The van der Waals surface area contributed by atoms with E-state index in [0.29, 0.717) is 24.9 Å². The zero-order valence-electron chi connectivity index (χ0n) is 22.2. The largest absolute Gasteiger partial charge is 0.366 e. The van der Waals surface area contributed by atoms with Gasteiger partial charge in [0.1, 0.15) is 0 Å². The third-order valence-corrected chi connectivity index (χ3v) is 7.34. The molecule has 7 heteroatoms. The first-order chi connectivity index (χ1) is 16.2. The van der Waals surface area contributed by atoms with Gasteiger partial charge in [0.25, 0.3) is 0 Å². The lowest BCUT2D eigenvalue weighted by Gasteiger charge is -2.36. The van der Waals surface area contributed by atoms with Gasteiger partial charge in [-0.2, -0.15) is 0 Å². The molecule has 198 valence electrons.